The van der Waals surface area contributed by atoms with E-state index < -0.39 is 0 Å². The number of anilines is 3. The predicted molar refractivity (Wildman–Crippen MR) is 78.4 cm³/mol. The lowest BCUT2D eigenvalue weighted by Crippen LogP contribution is -2.16. The number of hydrazine groups is 1. The van der Waals surface area contributed by atoms with Gasteiger partial charge in [-0.3, -0.25) is 0 Å². The highest BCUT2D eigenvalue weighted by molar-refractivity contribution is 5.61. The van der Waals surface area contributed by atoms with Crippen LogP contribution in [0, 0.1) is 0 Å². The largest absolute Gasteiger partial charge is 0.329 e. The van der Waals surface area contributed by atoms with Crippen molar-refractivity contribution >= 4 is 17.3 Å². The van der Waals surface area contributed by atoms with Gasteiger partial charge in [0.05, 0.1) is 0 Å². The van der Waals surface area contributed by atoms with Crippen LogP contribution in [0.2, 0.25) is 0 Å². The smallest absolute Gasteiger partial charge is 0.145 e. The Bertz CT molecular complexity index is 539. The molecule has 5 nitrogen and oxygen atoms in total. The van der Waals surface area contributed by atoms with Gasteiger partial charge in [-0.25, -0.2) is 15.8 Å². The van der Waals surface area contributed by atoms with E-state index in [-0.39, 0.29) is 5.92 Å². The maximum absolute atomic E-state index is 5.47. The van der Waals surface area contributed by atoms with Crippen LogP contribution >= 0.6 is 0 Å². The summed E-state index contributed by atoms with van der Waals surface area (Å²) in [6.07, 6.45) is 0. The minimum atomic E-state index is 0.247. The average molecular weight is 257 g/mol. The fourth-order valence-corrected chi connectivity index (χ4v) is 1.74. The molecule has 0 atom stereocenters. The van der Waals surface area contributed by atoms with Crippen molar-refractivity contribution in [3.8, 4) is 0 Å². The van der Waals surface area contributed by atoms with E-state index in [9.17, 15) is 0 Å². The van der Waals surface area contributed by atoms with Crippen molar-refractivity contribution in [1.29, 1.82) is 0 Å². The molecule has 0 unspecified atom stereocenters. The molecule has 5 heteroatoms. The van der Waals surface area contributed by atoms with E-state index in [1.807, 2.05) is 48.3 Å². The summed E-state index contributed by atoms with van der Waals surface area (Å²) in [7, 11) is 1.97. The standard InChI is InChI=1S/C14H19N5/c1-10(2)14-16-12(18-15)9-13(17-14)19(3)11-7-5-4-6-8-11/h4-10H,15H2,1-3H3,(H,16,17,18). The van der Waals surface area contributed by atoms with Crippen molar-refractivity contribution < 1.29 is 0 Å². The molecular weight excluding hydrogens is 238 g/mol. The molecule has 0 radical (unpaired) electrons. The Morgan fingerprint density at radius 3 is 2.42 bits per heavy atom. The third-order valence-electron chi connectivity index (χ3n) is 2.88. The summed E-state index contributed by atoms with van der Waals surface area (Å²) in [6, 6.07) is 11.9. The van der Waals surface area contributed by atoms with E-state index in [0.717, 1.165) is 17.3 Å². The normalized spacial score (nSPS) is 10.6. The van der Waals surface area contributed by atoms with E-state index in [0.29, 0.717) is 5.82 Å². The second-order valence-corrected chi connectivity index (χ2v) is 4.66. The zero-order valence-corrected chi connectivity index (χ0v) is 11.5. The van der Waals surface area contributed by atoms with E-state index in [4.69, 9.17) is 5.84 Å². The van der Waals surface area contributed by atoms with Gasteiger partial charge in [-0.1, -0.05) is 32.0 Å². The van der Waals surface area contributed by atoms with Crippen LogP contribution in [0.15, 0.2) is 36.4 Å². The zero-order valence-electron chi connectivity index (χ0n) is 11.5. The molecule has 0 saturated carbocycles. The molecule has 1 aromatic heterocycles. The van der Waals surface area contributed by atoms with Gasteiger partial charge >= 0.3 is 0 Å². The van der Waals surface area contributed by atoms with Crippen molar-refractivity contribution in [1.82, 2.24) is 9.97 Å². The lowest BCUT2D eigenvalue weighted by atomic mass is 10.2. The lowest BCUT2D eigenvalue weighted by Gasteiger charge is -2.20. The minimum Gasteiger partial charge on any atom is -0.329 e. The van der Waals surface area contributed by atoms with Crippen LogP contribution in [0.4, 0.5) is 17.3 Å². The van der Waals surface area contributed by atoms with Gasteiger partial charge in [-0.15, -0.1) is 0 Å². The van der Waals surface area contributed by atoms with Gasteiger partial charge in [0, 0.05) is 24.7 Å². The first-order valence-corrected chi connectivity index (χ1v) is 6.26. The van der Waals surface area contributed by atoms with E-state index >= 15 is 0 Å². The Labute approximate surface area is 113 Å². The molecule has 0 saturated heterocycles. The van der Waals surface area contributed by atoms with E-state index in [2.05, 4.69) is 29.2 Å². The van der Waals surface area contributed by atoms with Gasteiger partial charge in [0.1, 0.15) is 17.5 Å². The molecule has 0 amide bonds. The van der Waals surface area contributed by atoms with Crippen LogP contribution in [0.1, 0.15) is 25.6 Å². The molecule has 2 rings (SSSR count). The molecule has 0 aliphatic carbocycles. The Kier molecular flexibility index (Phi) is 3.97. The molecule has 100 valence electrons. The quantitative estimate of drug-likeness (QED) is 0.651. The molecule has 1 heterocycles. The van der Waals surface area contributed by atoms with Crippen LogP contribution in [-0.4, -0.2) is 17.0 Å². The second-order valence-electron chi connectivity index (χ2n) is 4.66. The monoisotopic (exact) mass is 257 g/mol. The number of benzene rings is 1. The van der Waals surface area contributed by atoms with E-state index in [1.165, 1.54) is 0 Å². The highest BCUT2D eigenvalue weighted by Gasteiger charge is 2.11. The molecule has 0 aliphatic heterocycles. The van der Waals surface area contributed by atoms with Gasteiger partial charge < -0.3 is 10.3 Å². The molecule has 2 aromatic rings. The Morgan fingerprint density at radius 1 is 1.16 bits per heavy atom. The zero-order chi connectivity index (χ0) is 13.8. The third-order valence-corrected chi connectivity index (χ3v) is 2.88. The second kappa shape index (κ2) is 5.67. The van der Waals surface area contributed by atoms with Gasteiger partial charge in [-0.2, -0.15) is 0 Å². The summed E-state index contributed by atoms with van der Waals surface area (Å²) in [4.78, 5) is 10.9. The number of hydrogen-bond acceptors (Lipinski definition) is 5. The van der Waals surface area contributed by atoms with Crippen LogP contribution in [0.25, 0.3) is 0 Å². The lowest BCUT2D eigenvalue weighted by molar-refractivity contribution is 0.773. The topological polar surface area (TPSA) is 67.1 Å². The molecule has 0 fully saturated rings. The SMILES string of the molecule is CC(C)c1nc(NN)cc(N(C)c2ccccc2)n1. The predicted octanol–water partition coefficient (Wildman–Crippen LogP) is 2.65. The molecule has 19 heavy (non-hydrogen) atoms. The Hall–Kier alpha value is -2.14. The van der Waals surface area contributed by atoms with Crippen LogP contribution < -0.4 is 16.2 Å². The fourth-order valence-electron chi connectivity index (χ4n) is 1.74. The van der Waals surface area contributed by atoms with Crippen molar-refractivity contribution in [3.63, 3.8) is 0 Å². The summed E-state index contributed by atoms with van der Waals surface area (Å²) in [5, 5.41) is 0. The molecule has 3 N–H and O–H groups in total. The van der Waals surface area contributed by atoms with Crippen LogP contribution in [0.5, 0.6) is 0 Å². The maximum atomic E-state index is 5.47. The minimum absolute atomic E-state index is 0.247. The Balaban J connectivity index is 2.41. The molecule has 0 bridgehead atoms. The van der Waals surface area contributed by atoms with Gasteiger partial charge in [0.25, 0.3) is 0 Å². The van der Waals surface area contributed by atoms with Gasteiger partial charge in [0.2, 0.25) is 0 Å². The number of para-hydroxylation sites is 1. The molecule has 0 spiro atoms. The average Bonchev–Trinajstić information content (AvgIpc) is 2.46. The highest BCUT2D eigenvalue weighted by Crippen LogP contribution is 2.24. The number of aromatic nitrogens is 2. The number of hydrogen-bond donors (Lipinski definition) is 2. The summed E-state index contributed by atoms with van der Waals surface area (Å²) in [6.45, 7) is 4.11. The van der Waals surface area contributed by atoms with Crippen molar-refractivity contribution in [2.75, 3.05) is 17.4 Å². The molecular formula is C14H19N5. The number of rotatable bonds is 4. The van der Waals surface area contributed by atoms with Crippen LogP contribution in [-0.2, 0) is 0 Å². The van der Waals surface area contributed by atoms with Crippen molar-refractivity contribution in [2.45, 2.75) is 19.8 Å². The van der Waals surface area contributed by atoms with E-state index in [1.54, 1.807) is 0 Å². The molecule has 1 aromatic carbocycles. The summed E-state index contributed by atoms with van der Waals surface area (Å²) >= 11 is 0. The van der Waals surface area contributed by atoms with Gasteiger partial charge in [-0.05, 0) is 12.1 Å². The number of nitrogens with two attached hydrogens (primary N) is 1. The van der Waals surface area contributed by atoms with Crippen LogP contribution in [0.3, 0.4) is 0 Å². The first-order valence-electron chi connectivity index (χ1n) is 6.26. The Morgan fingerprint density at radius 2 is 1.84 bits per heavy atom. The summed E-state index contributed by atoms with van der Waals surface area (Å²) < 4.78 is 0. The summed E-state index contributed by atoms with van der Waals surface area (Å²) in [5.41, 5.74) is 3.66. The first-order chi connectivity index (χ1) is 9.11. The number of nitrogens with one attached hydrogen (secondary N) is 1. The van der Waals surface area contributed by atoms with Gasteiger partial charge in [0.15, 0.2) is 0 Å². The number of nitrogens with zero attached hydrogens (tertiary/aromatic N) is 3. The summed E-state index contributed by atoms with van der Waals surface area (Å²) in [5.74, 6) is 7.92. The first kappa shape index (κ1) is 13.3. The number of nitrogen functional groups attached to an aromatic ring is 1. The maximum Gasteiger partial charge on any atom is 0.145 e. The van der Waals surface area contributed by atoms with Crippen molar-refractivity contribution in [3.05, 3.63) is 42.2 Å². The highest BCUT2D eigenvalue weighted by atomic mass is 15.3. The molecule has 0 aliphatic rings. The fraction of sp³-hybridized carbons (Fsp3) is 0.286. The van der Waals surface area contributed by atoms with Crippen molar-refractivity contribution in [2.24, 2.45) is 5.84 Å². The third kappa shape index (κ3) is 3.00.